The molecular weight excluding hydrogens is 437 g/mol. The highest BCUT2D eigenvalue weighted by molar-refractivity contribution is 5.11. The van der Waals surface area contributed by atoms with Gasteiger partial charge in [-0.05, 0) is 116 Å². The van der Waals surface area contributed by atoms with Crippen molar-refractivity contribution in [1.82, 2.24) is 0 Å². The fourth-order valence-corrected chi connectivity index (χ4v) is 9.25. The van der Waals surface area contributed by atoms with Gasteiger partial charge in [-0.2, -0.15) is 13.2 Å². The summed E-state index contributed by atoms with van der Waals surface area (Å²) in [6.07, 6.45) is 6.75. The van der Waals surface area contributed by atoms with Crippen LogP contribution >= 0.6 is 0 Å². The Labute approximate surface area is 205 Å². The highest BCUT2D eigenvalue weighted by Crippen LogP contribution is 2.69. The van der Waals surface area contributed by atoms with E-state index in [1.807, 2.05) is 0 Å². The van der Waals surface area contributed by atoms with Gasteiger partial charge in [0, 0.05) is 0 Å². The molecule has 5 heteroatoms. The molecule has 4 aliphatic carbocycles. The molecule has 0 bridgehead atoms. The predicted octanol–water partition coefficient (Wildman–Crippen LogP) is 7.91. The average Bonchev–Trinajstić information content (AvgIpc) is 3.06. The van der Waals surface area contributed by atoms with Gasteiger partial charge in [0.1, 0.15) is 0 Å². The highest BCUT2D eigenvalue weighted by Gasteiger charge is 2.64. The first kappa shape index (κ1) is 26.8. The highest BCUT2D eigenvalue weighted by atomic mass is 19.4. The lowest BCUT2D eigenvalue weighted by molar-refractivity contribution is -0.290. The predicted molar refractivity (Wildman–Crippen MR) is 130 cm³/mol. The Morgan fingerprint density at radius 1 is 0.853 bits per heavy atom. The zero-order valence-corrected chi connectivity index (χ0v) is 22.2. The van der Waals surface area contributed by atoms with Gasteiger partial charge in [-0.3, -0.25) is 0 Å². The largest absolute Gasteiger partial charge is 0.417 e. The first-order chi connectivity index (χ1) is 15.6. The van der Waals surface area contributed by atoms with Gasteiger partial charge in [0.25, 0.3) is 0 Å². The lowest BCUT2D eigenvalue weighted by Gasteiger charge is -2.62. The van der Waals surface area contributed by atoms with Crippen molar-refractivity contribution < 1.29 is 23.4 Å². The van der Waals surface area contributed by atoms with Gasteiger partial charge in [-0.1, -0.05) is 47.5 Å². The SMILES string of the molecule is CC(C)(C)C(O)CCCCC1CCC2C3CCC4C[C@](O)(C(F)(F)F)CCC4(C)C3CCC12C. The molecule has 4 aliphatic rings. The van der Waals surface area contributed by atoms with Crippen LogP contribution in [0.1, 0.15) is 118 Å². The summed E-state index contributed by atoms with van der Waals surface area (Å²) in [4.78, 5) is 0. The number of fused-ring (bicyclic) bond motifs is 5. The quantitative estimate of drug-likeness (QED) is 0.388. The molecule has 8 unspecified atom stereocenters. The molecule has 0 radical (unpaired) electrons. The van der Waals surface area contributed by atoms with Crippen LogP contribution in [0.4, 0.5) is 13.2 Å². The van der Waals surface area contributed by atoms with E-state index < -0.39 is 11.8 Å². The zero-order valence-electron chi connectivity index (χ0n) is 22.2. The van der Waals surface area contributed by atoms with E-state index >= 15 is 0 Å². The number of rotatable bonds is 5. The molecule has 0 heterocycles. The van der Waals surface area contributed by atoms with Gasteiger partial charge in [0.05, 0.1) is 6.10 Å². The number of hydrogen-bond acceptors (Lipinski definition) is 2. The van der Waals surface area contributed by atoms with E-state index in [-0.39, 0.29) is 35.7 Å². The second-order valence-corrected chi connectivity index (χ2v) is 14.4. The molecule has 0 aromatic rings. The third-order valence-electron chi connectivity index (χ3n) is 11.7. The maximum absolute atomic E-state index is 13.6. The topological polar surface area (TPSA) is 40.5 Å². The molecule has 0 amide bonds. The zero-order chi connectivity index (χ0) is 25.2. The van der Waals surface area contributed by atoms with Crippen molar-refractivity contribution in [2.45, 2.75) is 136 Å². The molecule has 2 nitrogen and oxygen atoms in total. The fraction of sp³-hybridized carbons (Fsp3) is 1.00. The molecule has 0 aliphatic heterocycles. The van der Waals surface area contributed by atoms with Crippen LogP contribution in [0.2, 0.25) is 0 Å². The molecule has 4 saturated carbocycles. The van der Waals surface area contributed by atoms with E-state index in [0.29, 0.717) is 29.6 Å². The van der Waals surface area contributed by atoms with E-state index in [1.165, 1.54) is 32.1 Å². The van der Waals surface area contributed by atoms with Crippen molar-refractivity contribution in [3.05, 3.63) is 0 Å². The fourth-order valence-electron chi connectivity index (χ4n) is 9.25. The Bertz CT molecular complexity index is 730. The Balaban J connectivity index is 1.38. The first-order valence-electron chi connectivity index (χ1n) is 14.1. The molecule has 4 fully saturated rings. The third-order valence-corrected chi connectivity index (χ3v) is 11.7. The summed E-state index contributed by atoms with van der Waals surface area (Å²) in [7, 11) is 0. The molecular formula is C29H49F3O2. The summed E-state index contributed by atoms with van der Waals surface area (Å²) in [5.74, 6) is 2.60. The number of unbranched alkanes of at least 4 members (excludes halogenated alkanes) is 1. The summed E-state index contributed by atoms with van der Waals surface area (Å²) >= 11 is 0. The van der Waals surface area contributed by atoms with E-state index in [2.05, 4.69) is 34.6 Å². The third kappa shape index (κ3) is 4.48. The number of aliphatic hydroxyl groups excluding tert-OH is 1. The Kier molecular flexibility index (Phi) is 7.02. The van der Waals surface area contributed by atoms with Crippen LogP contribution in [0.25, 0.3) is 0 Å². The smallest absolute Gasteiger partial charge is 0.393 e. The summed E-state index contributed by atoms with van der Waals surface area (Å²) in [5.41, 5.74) is -2.21. The van der Waals surface area contributed by atoms with Gasteiger partial charge in [0.2, 0.25) is 0 Å². The van der Waals surface area contributed by atoms with Crippen LogP contribution in [0.5, 0.6) is 0 Å². The van der Waals surface area contributed by atoms with Crippen LogP contribution in [0.3, 0.4) is 0 Å². The van der Waals surface area contributed by atoms with Gasteiger partial charge >= 0.3 is 6.18 Å². The van der Waals surface area contributed by atoms with Crippen molar-refractivity contribution >= 4 is 0 Å². The normalized spacial score (nSPS) is 45.9. The first-order valence-corrected chi connectivity index (χ1v) is 14.1. The van der Waals surface area contributed by atoms with Crippen molar-refractivity contribution in [3.8, 4) is 0 Å². The molecule has 198 valence electrons. The number of alkyl halides is 3. The molecule has 2 N–H and O–H groups in total. The van der Waals surface area contributed by atoms with Crippen molar-refractivity contribution in [3.63, 3.8) is 0 Å². The summed E-state index contributed by atoms with van der Waals surface area (Å²) in [6, 6.07) is 0. The Morgan fingerprint density at radius 2 is 1.53 bits per heavy atom. The maximum atomic E-state index is 13.6. The molecule has 0 saturated heterocycles. The summed E-state index contributed by atoms with van der Waals surface area (Å²) in [6.45, 7) is 11.1. The van der Waals surface area contributed by atoms with Crippen LogP contribution in [-0.2, 0) is 0 Å². The molecule has 4 rings (SSSR count). The maximum Gasteiger partial charge on any atom is 0.417 e. The van der Waals surface area contributed by atoms with Crippen LogP contribution in [-0.4, -0.2) is 28.1 Å². The van der Waals surface area contributed by atoms with Crippen LogP contribution in [0.15, 0.2) is 0 Å². The van der Waals surface area contributed by atoms with E-state index in [9.17, 15) is 23.4 Å². The Hall–Kier alpha value is -0.290. The van der Waals surface area contributed by atoms with Gasteiger partial charge in [0.15, 0.2) is 5.60 Å². The van der Waals surface area contributed by atoms with Gasteiger partial charge in [-0.25, -0.2) is 0 Å². The van der Waals surface area contributed by atoms with E-state index in [1.54, 1.807) is 0 Å². The Morgan fingerprint density at radius 3 is 2.18 bits per heavy atom. The minimum atomic E-state index is -4.52. The summed E-state index contributed by atoms with van der Waals surface area (Å²) in [5, 5.41) is 20.8. The van der Waals surface area contributed by atoms with Crippen LogP contribution in [0, 0.1) is 45.8 Å². The van der Waals surface area contributed by atoms with E-state index in [0.717, 1.165) is 38.0 Å². The average molecular weight is 487 g/mol. The van der Waals surface area contributed by atoms with Gasteiger partial charge < -0.3 is 10.2 Å². The van der Waals surface area contributed by atoms with E-state index in [4.69, 9.17) is 0 Å². The molecule has 34 heavy (non-hydrogen) atoms. The summed E-state index contributed by atoms with van der Waals surface area (Å²) < 4.78 is 40.7. The molecule has 0 spiro atoms. The second-order valence-electron chi connectivity index (χ2n) is 14.4. The molecule has 0 aromatic heterocycles. The lowest BCUT2D eigenvalue weighted by atomic mass is 9.43. The number of halogens is 3. The van der Waals surface area contributed by atoms with Crippen molar-refractivity contribution in [1.29, 1.82) is 0 Å². The standard InChI is InChI=1S/C29H49F3O2/c1-25(2,3)24(33)9-7-6-8-19-11-13-22-21-12-10-20-18-28(34,29(30,31)32)17-16-27(20,5)23(21)14-15-26(19,22)4/h19-24,33-34H,6-18H2,1-5H3/t19?,20?,21?,22?,23?,24?,26?,27?,28-/m0/s1. The minimum absolute atomic E-state index is 0.00933. The molecule has 0 aromatic carbocycles. The van der Waals surface area contributed by atoms with Crippen molar-refractivity contribution in [2.75, 3.05) is 0 Å². The number of aliphatic hydroxyl groups is 2. The second kappa shape index (κ2) is 8.92. The molecule has 9 atom stereocenters. The van der Waals surface area contributed by atoms with Gasteiger partial charge in [-0.15, -0.1) is 0 Å². The van der Waals surface area contributed by atoms with Crippen LogP contribution < -0.4 is 0 Å². The number of hydrogen-bond donors (Lipinski definition) is 2. The monoisotopic (exact) mass is 486 g/mol. The lowest BCUT2D eigenvalue weighted by Crippen LogP contribution is -2.59. The van der Waals surface area contributed by atoms with Crippen molar-refractivity contribution in [2.24, 2.45) is 45.8 Å². The minimum Gasteiger partial charge on any atom is -0.393 e.